The lowest BCUT2D eigenvalue weighted by molar-refractivity contribution is 0.0446. The third-order valence-corrected chi connectivity index (χ3v) is 2.62. The molecule has 76 valence electrons. The molecule has 0 saturated carbocycles. The molecule has 1 aromatic carbocycles. The van der Waals surface area contributed by atoms with Crippen LogP contribution >= 0.6 is 0 Å². The van der Waals surface area contributed by atoms with Gasteiger partial charge in [-0.3, -0.25) is 0 Å². The molecule has 1 aliphatic rings. The Hall–Kier alpha value is -0.900. The number of rotatable bonds is 1. The van der Waals surface area contributed by atoms with E-state index in [0.29, 0.717) is 13.1 Å². The van der Waals surface area contributed by atoms with Gasteiger partial charge in [0.05, 0.1) is 0 Å². The topological polar surface area (TPSA) is 44.3 Å². The van der Waals surface area contributed by atoms with Crippen LogP contribution in [0.5, 0.6) is 0 Å². The maximum absolute atomic E-state index is 10.4. The number of aliphatic hydroxyl groups is 1. The monoisotopic (exact) mass is 192 g/mol. The normalized spacial score (nSPS) is 21.5. The van der Waals surface area contributed by atoms with Crippen LogP contribution in [0.3, 0.4) is 0 Å². The summed E-state index contributed by atoms with van der Waals surface area (Å²) in [5.41, 5.74) is 0.208. The summed E-state index contributed by atoms with van der Waals surface area (Å²) < 4.78 is 0. The second-order valence-corrected chi connectivity index (χ2v) is 3.75. The molecule has 1 heterocycles. The van der Waals surface area contributed by atoms with Crippen LogP contribution in [0.1, 0.15) is 5.56 Å². The SMILES string of the molecule is OC1(c2ccccc2)CNCCNC1. The fourth-order valence-corrected chi connectivity index (χ4v) is 1.78. The fourth-order valence-electron chi connectivity index (χ4n) is 1.78. The van der Waals surface area contributed by atoms with Gasteiger partial charge in [-0.25, -0.2) is 0 Å². The third-order valence-electron chi connectivity index (χ3n) is 2.62. The Kier molecular flexibility index (Phi) is 2.82. The number of β-amino-alcohol motifs (C(OH)–C–C–N with tert-alkyl or cyclic N) is 1. The summed E-state index contributed by atoms with van der Waals surface area (Å²) in [5.74, 6) is 0. The van der Waals surface area contributed by atoms with E-state index in [-0.39, 0.29) is 0 Å². The molecule has 0 amide bonds. The van der Waals surface area contributed by atoms with Crippen LogP contribution in [-0.2, 0) is 5.60 Å². The highest BCUT2D eigenvalue weighted by Crippen LogP contribution is 2.19. The van der Waals surface area contributed by atoms with E-state index in [2.05, 4.69) is 10.6 Å². The molecule has 3 N–H and O–H groups in total. The summed E-state index contributed by atoms with van der Waals surface area (Å²) in [5, 5.41) is 16.8. The first-order valence-electron chi connectivity index (χ1n) is 5.01. The minimum Gasteiger partial charge on any atom is -0.382 e. The summed E-state index contributed by atoms with van der Waals surface area (Å²) >= 11 is 0. The van der Waals surface area contributed by atoms with Gasteiger partial charge < -0.3 is 15.7 Å². The molecular weight excluding hydrogens is 176 g/mol. The van der Waals surface area contributed by atoms with E-state index in [1.165, 1.54) is 0 Å². The molecule has 2 rings (SSSR count). The Bertz CT molecular complexity index is 279. The molecule has 1 aliphatic heterocycles. The Morgan fingerprint density at radius 3 is 2.14 bits per heavy atom. The molecule has 1 aromatic rings. The molecule has 0 unspecified atom stereocenters. The van der Waals surface area contributed by atoms with Gasteiger partial charge in [0.15, 0.2) is 0 Å². The van der Waals surface area contributed by atoms with Crippen molar-refractivity contribution in [2.75, 3.05) is 26.2 Å². The highest BCUT2D eigenvalue weighted by molar-refractivity contribution is 5.23. The van der Waals surface area contributed by atoms with Crippen molar-refractivity contribution in [1.82, 2.24) is 10.6 Å². The number of nitrogens with one attached hydrogen (secondary N) is 2. The number of hydrogen-bond donors (Lipinski definition) is 3. The summed E-state index contributed by atoms with van der Waals surface area (Å²) in [7, 11) is 0. The average molecular weight is 192 g/mol. The van der Waals surface area contributed by atoms with Gasteiger partial charge in [0.25, 0.3) is 0 Å². The molecule has 0 radical (unpaired) electrons. The molecule has 0 aliphatic carbocycles. The van der Waals surface area contributed by atoms with Crippen molar-refractivity contribution >= 4 is 0 Å². The first-order chi connectivity index (χ1) is 6.81. The molecular formula is C11H16N2O. The first-order valence-corrected chi connectivity index (χ1v) is 5.01. The maximum atomic E-state index is 10.4. The molecule has 3 nitrogen and oxygen atoms in total. The van der Waals surface area contributed by atoms with E-state index in [1.54, 1.807) is 0 Å². The second-order valence-electron chi connectivity index (χ2n) is 3.75. The molecule has 0 atom stereocenters. The minimum absolute atomic E-state index is 0.615. The minimum atomic E-state index is -0.766. The summed E-state index contributed by atoms with van der Waals surface area (Å²) in [6.45, 7) is 3.05. The van der Waals surface area contributed by atoms with Crippen molar-refractivity contribution in [2.45, 2.75) is 5.60 Å². The standard InChI is InChI=1S/C11H16N2O/c14-11(8-12-6-7-13-9-11)10-4-2-1-3-5-10/h1-5,12-14H,6-9H2. The van der Waals surface area contributed by atoms with Gasteiger partial charge >= 0.3 is 0 Å². The van der Waals surface area contributed by atoms with Gasteiger partial charge in [-0.15, -0.1) is 0 Å². The van der Waals surface area contributed by atoms with Gasteiger partial charge in [0.2, 0.25) is 0 Å². The van der Waals surface area contributed by atoms with Crippen LogP contribution in [0.4, 0.5) is 0 Å². The van der Waals surface area contributed by atoms with E-state index in [4.69, 9.17) is 0 Å². The summed E-state index contributed by atoms with van der Waals surface area (Å²) in [4.78, 5) is 0. The van der Waals surface area contributed by atoms with Crippen molar-refractivity contribution in [2.24, 2.45) is 0 Å². The van der Waals surface area contributed by atoms with Crippen LogP contribution in [0.2, 0.25) is 0 Å². The van der Waals surface area contributed by atoms with E-state index >= 15 is 0 Å². The predicted molar refractivity (Wildman–Crippen MR) is 56.1 cm³/mol. The maximum Gasteiger partial charge on any atom is 0.114 e. The highest BCUT2D eigenvalue weighted by atomic mass is 16.3. The Morgan fingerprint density at radius 1 is 1.00 bits per heavy atom. The van der Waals surface area contributed by atoms with E-state index in [0.717, 1.165) is 18.7 Å². The Morgan fingerprint density at radius 2 is 1.57 bits per heavy atom. The third kappa shape index (κ3) is 1.95. The summed E-state index contributed by atoms with van der Waals surface area (Å²) in [6, 6.07) is 9.81. The zero-order valence-corrected chi connectivity index (χ0v) is 8.16. The molecule has 3 heteroatoms. The van der Waals surface area contributed by atoms with Crippen LogP contribution < -0.4 is 10.6 Å². The van der Waals surface area contributed by atoms with Gasteiger partial charge in [-0.1, -0.05) is 30.3 Å². The van der Waals surface area contributed by atoms with Gasteiger partial charge in [-0.2, -0.15) is 0 Å². The van der Waals surface area contributed by atoms with Crippen molar-refractivity contribution in [3.8, 4) is 0 Å². The second kappa shape index (κ2) is 4.09. The fraction of sp³-hybridized carbons (Fsp3) is 0.455. The zero-order valence-electron chi connectivity index (χ0n) is 8.16. The Labute approximate surface area is 84.1 Å². The van der Waals surface area contributed by atoms with E-state index in [1.807, 2.05) is 30.3 Å². The quantitative estimate of drug-likeness (QED) is 0.590. The largest absolute Gasteiger partial charge is 0.382 e. The highest BCUT2D eigenvalue weighted by Gasteiger charge is 2.29. The Balaban J connectivity index is 2.21. The van der Waals surface area contributed by atoms with Crippen molar-refractivity contribution in [3.05, 3.63) is 35.9 Å². The van der Waals surface area contributed by atoms with Crippen molar-refractivity contribution < 1.29 is 5.11 Å². The molecule has 0 spiro atoms. The number of benzene rings is 1. The smallest absolute Gasteiger partial charge is 0.114 e. The van der Waals surface area contributed by atoms with E-state index in [9.17, 15) is 5.11 Å². The van der Waals surface area contributed by atoms with Gasteiger partial charge in [-0.05, 0) is 5.56 Å². The van der Waals surface area contributed by atoms with Crippen LogP contribution in [0.25, 0.3) is 0 Å². The van der Waals surface area contributed by atoms with Crippen LogP contribution in [0, 0.1) is 0 Å². The molecule has 0 aromatic heterocycles. The van der Waals surface area contributed by atoms with Crippen LogP contribution in [-0.4, -0.2) is 31.3 Å². The van der Waals surface area contributed by atoms with Crippen molar-refractivity contribution in [3.63, 3.8) is 0 Å². The van der Waals surface area contributed by atoms with Gasteiger partial charge in [0.1, 0.15) is 5.60 Å². The van der Waals surface area contributed by atoms with Gasteiger partial charge in [0, 0.05) is 26.2 Å². The lowest BCUT2D eigenvalue weighted by Crippen LogP contribution is -2.41. The predicted octanol–water partition coefficient (Wildman–Crippen LogP) is 0.0670. The number of hydrogen-bond acceptors (Lipinski definition) is 3. The molecule has 1 saturated heterocycles. The molecule has 14 heavy (non-hydrogen) atoms. The lowest BCUT2D eigenvalue weighted by Gasteiger charge is -2.26. The lowest BCUT2D eigenvalue weighted by atomic mass is 9.94. The van der Waals surface area contributed by atoms with Crippen molar-refractivity contribution in [1.29, 1.82) is 0 Å². The zero-order chi connectivity index (χ0) is 9.86. The van der Waals surface area contributed by atoms with Crippen LogP contribution in [0.15, 0.2) is 30.3 Å². The average Bonchev–Trinajstić information content (AvgIpc) is 2.46. The molecule has 1 fully saturated rings. The molecule has 0 bridgehead atoms. The van der Waals surface area contributed by atoms with E-state index < -0.39 is 5.60 Å². The summed E-state index contributed by atoms with van der Waals surface area (Å²) in [6.07, 6.45) is 0. The first kappa shape index (κ1) is 9.65.